The second-order valence-electron chi connectivity index (χ2n) is 4.65. The number of H-pyrrole nitrogens is 1. The third-order valence-corrected chi connectivity index (χ3v) is 3.42. The Morgan fingerprint density at radius 2 is 2.29 bits per heavy atom. The van der Waals surface area contributed by atoms with Crippen LogP contribution in [0.5, 0.6) is 5.75 Å². The van der Waals surface area contributed by atoms with Crippen LogP contribution in [0.4, 0.5) is 0 Å². The standard InChI is InChI=1S/C15H18ClN3O2/c1-21-14-4-2-11(8-13(14)16)3-5-15(20)18-7-6-12-9-17-10-19-12/h2,4,8-10H,3,5-7H2,1H3,(H,17,19)(H,18,20). The van der Waals surface area contributed by atoms with Crippen LogP contribution in [0, 0.1) is 0 Å². The molecule has 1 heterocycles. The molecule has 0 aliphatic rings. The summed E-state index contributed by atoms with van der Waals surface area (Å²) in [4.78, 5) is 18.7. The van der Waals surface area contributed by atoms with Gasteiger partial charge in [-0.15, -0.1) is 0 Å². The molecule has 0 saturated carbocycles. The summed E-state index contributed by atoms with van der Waals surface area (Å²) in [5, 5.41) is 3.45. The highest BCUT2D eigenvalue weighted by molar-refractivity contribution is 6.32. The molecule has 0 aliphatic heterocycles. The molecule has 0 unspecified atom stereocenters. The van der Waals surface area contributed by atoms with Crippen molar-refractivity contribution >= 4 is 17.5 Å². The maximum atomic E-state index is 11.8. The molecule has 0 aliphatic carbocycles. The van der Waals surface area contributed by atoms with Gasteiger partial charge in [0.25, 0.3) is 0 Å². The SMILES string of the molecule is COc1ccc(CCC(=O)NCCc2cnc[nH]2)cc1Cl. The number of carbonyl (C=O) groups is 1. The van der Waals surface area contributed by atoms with E-state index in [4.69, 9.17) is 16.3 Å². The number of aromatic nitrogens is 2. The number of halogens is 1. The Kier molecular flexibility index (Phi) is 5.63. The van der Waals surface area contributed by atoms with Crippen LogP contribution in [0.1, 0.15) is 17.7 Å². The van der Waals surface area contributed by atoms with Crippen LogP contribution in [0.25, 0.3) is 0 Å². The fourth-order valence-electron chi connectivity index (χ4n) is 1.97. The molecule has 0 radical (unpaired) electrons. The predicted octanol–water partition coefficient (Wildman–Crippen LogP) is 2.36. The second kappa shape index (κ2) is 7.69. The van der Waals surface area contributed by atoms with E-state index in [-0.39, 0.29) is 5.91 Å². The Hall–Kier alpha value is -2.01. The van der Waals surface area contributed by atoms with Gasteiger partial charge in [-0.3, -0.25) is 4.79 Å². The number of rotatable bonds is 7. The fraction of sp³-hybridized carbons (Fsp3) is 0.333. The molecule has 2 rings (SSSR count). The van der Waals surface area contributed by atoms with Gasteiger partial charge in [-0.05, 0) is 24.1 Å². The average Bonchev–Trinajstić information content (AvgIpc) is 2.98. The molecule has 112 valence electrons. The highest BCUT2D eigenvalue weighted by atomic mass is 35.5. The lowest BCUT2D eigenvalue weighted by molar-refractivity contribution is -0.121. The van der Waals surface area contributed by atoms with Crippen LogP contribution < -0.4 is 10.1 Å². The molecule has 5 nitrogen and oxygen atoms in total. The summed E-state index contributed by atoms with van der Waals surface area (Å²) in [7, 11) is 1.58. The number of carbonyl (C=O) groups excluding carboxylic acids is 1. The highest BCUT2D eigenvalue weighted by Gasteiger charge is 2.05. The Morgan fingerprint density at radius 1 is 1.43 bits per heavy atom. The van der Waals surface area contributed by atoms with Crippen molar-refractivity contribution < 1.29 is 9.53 Å². The van der Waals surface area contributed by atoms with Crippen LogP contribution in [-0.2, 0) is 17.6 Å². The maximum Gasteiger partial charge on any atom is 0.220 e. The van der Waals surface area contributed by atoms with E-state index in [2.05, 4.69) is 15.3 Å². The van der Waals surface area contributed by atoms with Crippen molar-refractivity contribution in [2.45, 2.75) is 19.3 Å². The molecule has 0 fully saturated rings. The van der Waals surface area contributed by atoms with Crippen LogP contribution in [0.3, 0.4) is 0 Å². The van der Waals surface area contributed by atoms with E-state index in [1.807, 2.05) is 18.2 Å². The fourth-order valence-corrected chi connectivity index (χ4v) is 2.25. The predicted molar refractivity (Wildman–Crippen MR) is 81.6 cm³/mol. The van der Waals surface area contributed by atoms with Crippen molar-refractivity contribution in [3.8, 4) is 5.75 Å². The quantitative estimate of drug-likeness (QED) is 0.825. The van der Waals surface area contributed by atoms with Crippen molar-refractivity contribution in [2.75, 3.05) is 13.7 Å². The summed E-state index contributed by atoms with van der Waals surface area (Å²) >= 11 is 6.05. The van der Waals surface area contributed by atoms with Crippen LogP contribution >= 0.6 is 11.6 Å². The summed E-state index contributed by atoms with van der Waals surface area (Å²) in [6, 6.07) is 5.56. The van der Waals surface area contributed by atoms with Gasteiger partial charge in [0.05, 0.1) is 18.5 Å². The normalized spacial score (nSPS) is 10.4. The molecule has 2 aromatic rings. The first-order chi connectivity index (χ1) is 10.2. The van der Waals surface area contributed by atoms with E-state index in [0.717, 1.165) is 17.7 Å². The number of aromatic amines is 1. The van der Waals surface area contributed by atoms with Crippen LogP contribution in [0.15, 0.2) is 30.7 Å². The number of imidazole rings is 1. The Morgan fingerprint density at radius 3 is 2.95 bits per heavy atom. The van der Waals surface area contributed by atoms with Gasteiger partial charge >= 0.3 is 0 Å². The number of methoxy groups -OCH3 is 1. The zero-order valence-electron chi connectivity index (χ0n) is 11.9. The molecule has 1 amide bonds. The molecule has 0 spiro atoms. The van der Waals surface area contributed by atoms with Gasteiger partial charge in [-0.2, -0.15) is 0 Å². The van der Waals surface area contributed by atoms with Crippen LogP contribution in [-0.4, -0.2) is 29.5 Å². The Bertz CT molecular complexity index is 585. The van der Waals surface area contributed by atoms with Gasteiger partial charge in [-0.25, -0.2) is 4.98 Å². The lowest BCUT2D eigenvalue weighted by atomic mass is 10.1. The smallest absolute Gasteiger partial charge is 0.220 e. The number of nitrogens with one attached hydrogen (secondary N) is 2. The minimum absolute atomic E-state index is 0.0291. The lowest BCUT2D eigenvalue weighted by Crippen LogP contribution is -2.25. The monoisotopic (exact) mass is 307 g/mol. The molecule has 0 atom stereocenters. The van der Waals surface area contributed by atoms with Crippen molar-refractivity contribution in [2.24, 2.45) is 0 Å². The zero-order chi connectivity index (χ0) is 15.1. The van der Waals surface area contributed by atoms with E-state index in [0.29, 0.717) is 30.2 Å². The van der Waals surface area contributed by atoms with Crippen molar-refractivity contribution in [1.82, 2.24) is 15.3 Å². The van der Waals surface area contributed by atoms with Gasteiger partial charge in [0.1, 0.15) is 5.75 Å². The number of amides is 1. The summed E-state index contributed by atoms with van der Waals surface area (Å²) in [5.74, 6) is 0.672. The summed E-state index contributed by atoms with van der Waals surface area (Å²) in [5.41, 5.74) is 2.03. The van der Waals surface area contributed by atoms with Gasteiger partial charge in [0.2, 0.25) is 5.91 Å². The first-order valence-corrected chi connectivity index (χ1v) is 7.13. The van der Waals surface area contributed by atoms with Crippen molar-refractivity contribution in [3.05, 3.63) is 47.0 Å². The second-order valence-corrected chi connectivity index (χ2v) is 5.05. The summed E-state index contributed by atoms with van der Waals surface area (Å²) < 4.78 is 5.09. The first-order valence-electron chi connectivity index (χ1n) is 6.75. The Balaban J connectivity index is 1.72. The van der Waals surface area contributed by atoms with E-state index in [1.165, 1.54) is 0 Å². The number of nitrogens with zero attached hydrogens (tertiary/aromatic N) is 1. The summed E-state index contributed by atoms with van der Waals surface area (Å²) in [6.45, 7) is 0.602. The maximum absolute atomic E-state index is 11.8. The minimum atomic E-state index is 0.0291. The number of aryl methyl sites for hydroxylation is 1. The number of hydrogen-bond donors (Lipinski definition) is 2. The molecule has 2 N–H and O–H groups in total. The highest BCUT2D eigenvalue weighted by Crippen LogP contribution is 2.25. The molecular weight excluding hydrogens is 290 g/mol. The largest absolute Gasteiger partial charge is 0.495 e. The molecule has 1 aromatic carbocycles. The van der Waals surface area contributed by atoms with Crippen molar-refractivity contribution in [1.29, 1.82) is 0 Å². The van der Waals surface area contributed by atoms with Gasteiger partial charge < -0.3 is 15.0 Å². The van der Waals surface area contributed by atoms with Gasteiger partial charge in [0.15, 0.2) is 0 Å². The van der Waals surface area contributed by atoms with E-state index >= 15 is 0 Å². The molecular formula is C15H18ClN3O2. The van der Waals surface area contributed by atoms with Gasteiger partial charge in [-0.1, -0.05) is 17.7 Å². The number of benzene rings is 1. The number of hydrogen-bond acceptors (Lipinski definition) is 3. The topological polar surface area (TPSA) is 67.0 Å². The third-order valence-electron chi connectivity index (χ3n) is 3.13. The third kappa shape index (κ3) is 4.79. The van der Waals surface area contributed by atoms with E-state index in [9.17, 15) is 4.79 Å². The Labute approximate surface area is 128 Å². The number of ether oxygens (including phenoxy) is 1. The lowest BCUT2D eigenvalue weighted by Gasteiger charge is -2.07. The minimum Gasteiger partial charge on any atom is -0.495 e. The van der Waals surface area contributed by atoms with E-state index in [1.54, 1.807) is 19.6 Å². The van der Waals surface area contributed by atoms with Gasteiger partial charge in [0, 0.05) is 31.3 Å². The summed E-state index contributed by atoms with van der Waals surface area (Å²) in [6.07, 6.45) is 5.22. The zero-order valence-corrected chi connectivity index (χ0v) is 12.6. The average molecular weight is 308 g/mol. The van der Waals surface area contributed by atoms with E-state index < -0.39 is 0 Å². The molecule has 0 saturated heterocycles. The molecule has 6 heteroatoms. The molecule has 0 bridgehead atoms. The molecule has 1 aromatic heterocycles. The first kappa shape index (κ1) is 15.4. The van der Waals surface area contributed by atoms with Crippen molar-refractivity contribution in [3.63, 3.8) is 0 Å². The molecule has 21 heavy (non-hydrogen) atoms. The van der Waals surface area contributed by atoms with Crippen LogP contribution in [0.2, 0.25) is 5.02 Å².